The van der Waals surface area contributed by atoms with E-state index < -0.39 is 10.8 Å². The number of hydrogen-bond donors (Lipinski definition) is 1. The van der Waals surface area contributed by atoms with Crippen LogP contribution in [0.4, 0.5) is 0 Å². The lowest BCUT2D eigenvalue weighted by atomic mass is 10.2. The summed E-state index contributed by atoms with van der Waals surface area (Å²) in [6.45, 7) is 2.87. The van der Waals surface area contributed by atoms with Gasteiger partial charge in [0.25, 0.3) is 0 Å². The van der Waals surface area contributed by atoms with Gasteiger partial charge in [0.1, 0.15) is 6.07 Å². The molecule has 5 heteroatoms. The van der Waals surface area contributed by atoms with E-state index in [4.69, 9.17) is 5.26 Å². The molecule has 0 saturated carbocycles. The first-order chi connectivity index (χ1) is 7.61. The number of nitriles is 1. The summed E-state index contributed by atoms with van der Waals surface area (Å²) in [6, 6.07) is 4.38. The van der Waals surface area contributed by atoms with E-state index in [1.165, 1.54) is 4.88 Å². The molecule has 2 atom stereocenters. The monoisotopic (exact) mass is 256 g/mol. The van der Waals surface area contributed by atoms with Gasteiger partial charge in [0.2, 0.25) is 0 Å². The second-order valence-corrected chi connectivity index (χ2v) is 6.31. The smallest absolute Gasteiger partial charge is 0.100 e. The summed E-state index contributed by atoms with van der Waals surface area (Å²) in [5, 5.41) is 13.9. The minimum atomic E-state index is -0.712. The minimum absolute atomic E-state index is 0.358. The molecular formula is C11H16N2OS2. The molecule has 0 amide bonds. The van der Waals surface area contributed by atoms with E-state index >= 15 is 0 Å². The van der Waals surface area contributed by atoms with Crippen LogP contribution in [-0.2, 0) is 17.3 Å². The number of hydrogen-bond acceptors (Lipinski definition) is 4. The maximum Gasteiger partial charge on any atom is 0.100 e. The lowest BCUT2D eigenvalue weighted by Crippen LogP contribution is -2.26. The van der Waals surface area contributed by atoms with Crippen molar-refractivity contribution in [1.29, 1.82) is 5.26 Å². The minimum Gasteiger partial charge on any atom is -0.309 e. The highest BCUT2D eigenvalue weighted by atomic mass is 32.2. The predicted octanol–water partition coefficient (Wildman–Crippen LogP) is 1.87. The van der Waals surface area contributed by atoms with Gasteiger partial charge in [-0.25, -0.2) is 0 Å². The van der Waals surface area contributed by atoms with E-state index in [9.17, 15) is 4.21 Å². The van der Waals surface area contributed by atoms with Crippen molar-refractivity contribution in [2.75, 3.05) is 12.0 Å². The molecule has 0 bridgehead atoms. The van der Waals surface area contributed by atoms with Crippen molar-refractivity contribution in [3.63, 3.8) is 0 Å². The molecule has 88 valence electrons. The zero-order valence-electron chi connectivity index (χ0n) is 9.53. The highest BCUT2D eigenvalue weighted by Gasteiger charge is 2.04. The van der Waals surface area contributed by atoms with E-state index in [0.29, 0.717) is 6.04 Å². The Labute approximate surface area is 103 Å². The Balaban J connectivity index is 2.29. The first kappa shape index (κ1) is 13.4. The molecule has 0 spiro atoms. The zero-order valence-corrected chi connectivity index (χ0v) is 11.2. The normalized spacial score (nSPS) is 14.3. The lowest BCUT2D eigenvalue weighted by molar-refractivity contribution is 0.538. The summed E-state index contributed by atoms with van der Waals surface area (Å²) in [6.07, 6.45) is 2.64. The van der Waals surface area contributed by atoms with Gasteiger partial charge in [-0.1, -0.05) is 0 Å². The van der Waals surface area contributed by atoms with Crippen LogP contribution in [0.15, 0.2) is 11.4 Å². The maximum absolute atomic E-state index is 10.9. The fourth-order valence-electron chi connectivity index (χ4n) is 1.25. The second-order valence-electron chi connectivity index (χ2n) is 3.76. The highest BCUT2D eigenvalue weighted by Crippen LogP contribution is 2.13. The van der Waals surface area contributed by atoms with Crippen molar-refractivity contribution >= 4 is 22.1 Å². The third kappa shape index (κ3) is 4.88. The molecule has 0 aliphatic carbocycles. The van der Waals surface area contributed by atoms with E-state index in [2.05, 4.69) is 18.3 Å². The molecule has 0 aliphatic rings. The first-order valence-electron chi connectivity index (χ1n) is 5.12. The predicted molar refractivity (Wildman–Crippen MR) is 68.9 cm³/mol. The van der Waals surface area contributed by atoms with Crippen molar-refractivity contribution in [3.8, 4) is 6.07 Å². The van der Waals surface area contributed by atoms with Crippen LogP contribution in [0.25, 0.3) is 0 Å². The number of rotatable bonds is 6. The Bertz CT molecular complexity index is 395. The van der Waals surface area contributed by atoms with Crippen molar-refractivity contribution < 1.29 is 4.21 Å². The first-order valence-corrected chi connectivity index (χ1v) is 7.73. The molecule has 0 aliphatic heterocycles. The van der Waals surface area contributed by atoms with Gasteiger partial charge in [0.15, 0.2) is 0 Å². The molecule has 1 N–H and O–H groups in total. The molecule has 0 aromatic carbocycles. The molecule has 2 unspecified atom stereocenters. The van der Waals surface area contributed by atoms with Crippen LogP contribution in [0, 0.1) is 11.3 Å². The van der Waals surface area contributed by atoms with Crippen LogP contribution < -0.4 is 5.32 Å². The summed E-state index contributed by atoms with van der Waals surface area (Å²) in [5.41, 5.74) is 0.726. The molecule has 1 aromatic heterocycles. The summed E-state index contributed by atoms with van der Waals surface area (Å²) in [5.74, 6) is 0.738. The van der Waals surface area contributed by atoms with Gasteiger partial charge in [0.05, 0.1) is 5.56 Å². The van der Waals surface area contributed by atoms with Gasteiger partial charge in [-0.3, -0.25) is 4.21 Å². The van der Waals surface area contributed by atoms with Crippen LogP contribution >= 0.6 is 11.3 Å². The molecule has 0 fully saturated rings. The Morgan fingerprint density at radius 2 is 2.44 bits per heavy atom. The molecular weight excluding hydrogens is 240 g/mol. The Hall–Kier alpha value is -0.700. The zero-order chi connectivity index (χ0) is 12.0. The number of nitrogens with zero attached hydrogens (tertiary/aromatic N) is 1. The molecule has 16 heavy (non-hydrogen) atoms. The number of nitrogens with one attached hydrogen (secondary N) is 1. The molecule has 0 saturated heterocycles. The van der Waals surface area contributed by atoms with Gasteiger partial charge < -0.3 is 5.32 Å². The van der Waals surface area contributed by atoms with Crippen LogP contribution in [0.5, 0.6) is 0 Å². The molecule has 1 rings (SSSR count). The van der Waals surface area contributed by atoms with Gasteiger partial charge in [-0.15, -0.1) is 11.3 Å². The van der Waals surface area contributed by atoms with Crippen molar-refractivity contribution in [2.45, 2.75) is 25.9 Å². The van der Waals surface area contributed by atoms with Gasteiger partial charge in [-0.05, 0) is 19.4 Å². The standard InChI is InChI=1S/C11H16N2OS2/c1-9(3-4-16(2)14)13-7-11-5-10(6-12)8-15-11/h5,8-9,13H,3-4,7H2,1-2H3. The quantitative estimate of drug-likeness (QED) is 0.845. The average molecular weight is 256 g/mol. The Kier molecular flexibility index (Phi) is 5.67. The average Bonchev–Trinajstić information content (AvgIpc) is 2.71. The summed E-state index contributed by atoms with van der Waals surface area (Å²) in [4.78, 5) is 1.17. The van der Waals surface area contributed by atoms with Gasteiger partial charge >= 0.3 is 0 Å². The topological polar surface area (TPSA) is 52.9 Å². The van der Waals surface area contributed by atoms with Crippen molar-refractivity contribution in [3.05, 3.63) is 21.9 Å². The Morgan fingerprint density at radius 1 is 1.69 bits per heavy atom. The number of thiophene rings is 1. The van der Waals surface area contributed by atoms with E-state index in [1.807, 2.05) is 11.4 Å². The van der Waals surface area contributed by atoms with E-state index in [1.54, 1.807) is 17.6 Å². The largest absolute Gasteiger partial charge is 0.309 e. The van der Waals surface area contributed by atoms with E-state index in [0.717, 1.165) is 24.3 Å². The molecule has 1 heterocycles. The van der Waals surface area contributed by atoms with E-state index in [-0.39, 0.29) is 0 Å². The van der Waals surface area contributed by atoms with Crippen LogP contribution in [0.3, 0.4) is 0 Å². The highest BCUT2D eigenvalue weighted by molar-refractivity contribution is 7.84. The summed E-state index contributed by atoms with van der Waals surface area (Å²) < 4.78 is 10.9. The van der Waals surface area contributed by atoms with Gasteiger partial charge in [0, 0.05) is 45.7 Å². The van der Waals surface area contributed by atoms with Gasteiger partial charge in [-0.2, -0.15) is 5.26 Å². The molecule has 1 aromatic rings. The van der Waals surface area contributed by atoms with Crippen LogP contribution in [0.2, 0.25) is 0 Å². The fourth-order valence-corrected chi connectivity index (χ4v) is 2.70. The van der Waals surface area contributed by atoms with Crippen molar-refractivity contribution in [1.82, 2.24) is 5.32 Å². The Morgan fingerprint density at radius 3 is 3.00 bits per heavy atom. The fraction of sp³-hybridized carbons (Fsp3) is 0.545. The maximum atomic E-state index is 10.9. The SMILES string of the molecule is CC(CCS(C)=O)NCc1cc(C#N)cs1. The van der Waals surface area contributed by atoms with Crippen LogP contribution in [0.1, 0.15) is 23.8 Å². The van der Waals surface area contributed by atoms with Crippen LogP contribution in [-0.4, -0.2) is 22.3 Å². The molecule has 3 nitrogen and oxygen atoms in total. The third-order valence-corrected chi connectivity index (χ3v) is 3.99. The summed E-state index contributed by atoms with van der Waals surface area (Å²) >= 11 is 1.60. The molecule has 0 radical (unpaired) electrons. The second kappa shape index (κ2) is 6.79. The van der Waals surface area contributed by atoms with Crippen molar-refractivity contribution in [2.24, 2.45) is 0 Å². The summed E-state index contributed by atoms with van der Waals surface area (Å²) in [7, 11) is -0.712. The third-order valence-electron chi connectivity index (χ3n) is 2.25. The lowest BCUT2D eigenvalue weighted by Gasteiger charge is -2.11.